The van der Waals surface area contributed by atoms with E-state index in [4.69, 9.17) is 23.2 Å². The fourth-order valence-electron chi connectivity index (χ4n) is 3.89. The summed E-state index contributed by atoms with van der Waals surface area (Å²) < 4.78 is 0. The lowest BCUT2D eigenvalue weighted by Gasteiger charge is -2.27. The first-order chi connectivity index (χ1) is 15.6. The number of aromatic amines is 1. The molecule has 160 valence electrons. The van der Waals surface area contributed by atoms with Gasteiger partial charge in [0.25, 0.3) is 5.56 Å². The number of fused-ring (bicyclic) bond motifs is 1. The van der Waals surface area contributed by atoms with Crippen molar-refractivity contribution in [2.45, 2.75) is 19.5 Å². The highest BCUT2D eigenvalue weighted by atomic mass is 35.5. The maximum atomic E-state index is 12.7. The van der Waals surface area contributed by atoms with Crippen LogP contribution in [0.3, 0.4) is 0 Å². The van der Waals surface area contributed by atoms with E-state index in [0.717, 1.165) is 46.6 Å². The number of hydrogen-bond donors (Lipinski definition) is 1. The van der Waals surface area contributed by atoms with Crippen molar-refractivity contribution in [3.63, 3.8) is 0 Å². The third-order valence-electron chi connectivity index (χ3n) is 5.54. The number of rotatable bonds is 4. The van der Waals surface area contributed by atoms with Crippen molar-refractivity contribution in [2.75, 3.05) is 6.54 Å². The van der Waals surface area contributed by atoms with Gasteiger partial charge in [0.2, 0.25) is 0 Å². The number of nitrogens with one attached hydrogen (secondary N) is 1. The summed E-state index contributed by atoms with van der Waals surface area (Å²) in [6, 6.07) is 13.2. The maximum Gasteiger partial charge on any atom is 0.255 e. The van der Waals surface area contributed by atoms with Crippen LogP contribution in [-0.2, 0) is 19.5 Å². The van der Waals surface area contributed by atoms with Crippen LogP contribution in [0.5, 0.6) is 0 Å². The molecule has 0 bridgehead atoms. The zero-order valence-corrected chi connectivity index (χ0v) is 18.6. The third-order valence-corrected chi connectivity index (χ3v) is 6.36. The predicted octanol–water partition coefficient (Wildman–Crippen LogP) is 4.76. The van der Waals surface area contributed by atoms with Crippen molar-refractivity contribution in [3.05, 3.63) is 98.3 Å². The molecule has 5 rings (SSSR count). The van der Waals surface area contributed by atoms with Crippen molar-refractivity contribution < 1.29 is 0 Å². The zero-order chi connectivity index (χ0) is 22.1. The standard InChI is InChI=1S/C24H19Cl2N5O/c25-19-5-1-4-17(22(19)26)20-7-6-15(11-28-20)13-31-10-8-21-18(14-31)24(32)30-23(29-21)16-3-2-9-27-12-16/h1-7,9,11-12H,8,10,13-14H2,(H,29,30,32). The molecule has 4 heterocycles. The highest BCUT2D eigenvalue weighted by Crippen LogP contribution is 2.32. The SMILES string of the molecule is O=c1[nH]c(-c2cccnc2)nc2c1CN(Cc1ccc(-c3cccc(Cl)c3Cl)nc1)CC2. The topological polar surface area (TPSA) is 74.8 Å². The Hall–Kier alpha value is -3.06. The minimum absolute atomic E-state index is 0.0948. The molecule has 3 aromatic heterocycles. The van der Waals surface area contributed by atoms with Crippen molar-refractivity contribution in [1.29, 1.82) is 0 Å². The molecule has 8 heteroatoms. The van der Waals surface area contributed by atoms with Crippen LogP contribution in [0.15, 0.2) is 65.8 Å². The molecule has 0 spiro atoms. The largest absolute Gasteiger partial charge is 0.306 e. The number of halogens is 2. The Kier molecular flexibility index (Phi) is 5.74. The number of H-pyrrole nitrogens is 1. The number of nitrogens with zero attached hydrogens (tertiary/aromatic N) is 4. The number of pyridine rings is 2. The van der Waals surface area contributed by atoms with Crippen molar-refractivity contribution >= 4 is 23.2 Å². The van der Waals surface area contributed by atoms with Crippen molar-refractivity contribution in [1.82, 2.24) is 24.8 Å². The molecule has 0 amide bonds. The van der Waals surface area contributed by atoms with E-state index in [2.05, 4.69) is 24.8 Å². The summed E-state index contributed by atoms with van der Waals surface area (Å²) in [6.07, 6.45) is 5.96. The van der Waals surface area contributed by atoms with E-state index in [-0.39, 0.29) is 5.56 Å². The Morgan fingerprint density at radius 1 is 1.06 bits per heavy atom. The fourth-order valence-corrected chi connectivity index (χ4v) is 4.29. The van der Waals surface area contributed by atoms with Gasteiger partial charge in [-0.1, -0.05) is 41.4 Å². The summed E-state index contributed by atoms with van der Waals surface area (Å²) >= 11 is 12.4. The average Bonchev–Trinajstić information content (AvgIpc) is 2.82. The molecule has 1 aliphatic heterocycles. The summed E-state index contributed by atoms with van der Waals surface area (Å²) in [5.41, 5.74) is 4.93. The van der Waals surface area contributed by atoms with Gasteiger partial charge in [-0.05, 0) is 29.8 Å². The molecule has 0 fully saturated rings. The second kappa shape index (κ2) is 8.82. The van der Waals surface area contributed by atoms with Gasteiger partial charge in [0, 0.05) is 55.8 Å². The summed E-state index contributed by atoms with van der Waals surface area (Å²) in [6.45, 7) is 2.06. The van der Waals surface area contributed by atoms with E-state index >= 15 is 0 Å². The van der Waals surface area contributed by atoms with Crippen LogP contribution in [0.1, 0.15) is 16.8 Å². The normalized spacial score (nSPS) is 13.7. The Labute approximate surface area is 194 Å². The van der Waals surface area contributed by atoms with Crippen LogP contribution in [0.25, 0.3) is 22.6 Å². The van der Waals surface area contributed by atoms with E-state index in [1.807, 2.05) is 42.6 Å². The molecule has 32 heavy (non-hydrogen) atoms. The van der Waals surface area contributed by atoms with Gasteiger partial charge in [-0.25, -0.2) is 4.98 Å². The molecule has 1 aliphatic rings. The quantitative estimate of drug-likeness (QED) is 0.472. The van der Waals surface area contributed by atoms with Gasteiger partial charge in [-0.15, -0.1) is 0 Å². The van der Waals surface area contributed by atoms with E-state index in [1.165, 1.54) is 0 Å². The van der Waals surface area contributed by atoms with Crippen LogP contribution in [0.2, 0.25) is 10.0 Å². The molecule has 4 aromatic rings. The molecular formula is C24H19Cl2N5O. The second-order valence-electron chi connectivity index (χ2n) is 7.70. The first-order valence-electron chi connectivity index (χ1n) is 10.2. The lowest BCUT2D eigenvalue weighted by Crippen LogP contribution is -2.35. The summed E-state index contributed by atoms with van der Waals surface area (Å²) in [7, 11) is 0. The lowest BCUT2D eigenvalue weighted by molar-refractivity contribution is 0.241. The van der Waals surface area contributed by atoms with Crippen molar-refractivity contribution in [3.8, 4) is 22.6 Å². The molecule has 1 aromatic carbocycles. The van der Waals surface area contributed by atoms with Gasteiger partial charge >= 0.3 is 0 Å². The maximum absolute atomic E-state index is 12.7. The van der Waals surface area contributed by atoms with Gasteiger partial charge in [0.05, 0.1) is 27.0 Å². The molecule has 0 aliphatic carbocycles. The molecule has 1 N–H and O–H groups in total. The monoisotopic (exact) mass is 463 g/mol. The Bertz CT molecular complexity index is 1320. The Balaban J connectivity index is 1.32. The van der Waals surface area contributed by atoms with Gasteiger partial charge < -0.3 is 4.98 Å². The molecule has 0 saturated carbocycles. The molecule has 0 saturated heterocycles. The van der Waals surface area contributed by atoms with E-state index < -0.39 is 0 Å². The summed E-state index contributed by atoms with van der Waals surface area (Å²) in [5.74, 6) is 0.565. The fraction of sp³-hybridized carbons (Fsp3) is 0.167. The van der Waals surface area contributed by atoms with Crippen LogP contribution in [0.4, 0.5) is 0 Å². The van der Waals surface area contributed by atoms with E-state index in [1.54, 1.807) is 18.5 Å². The van der Waals surface area contributed by atoms with Gasteiger partial charge in [0.1, 0.15) is 5.82 Å². The lowest BCUT2D eigenvalue weighted by atomic mass is 10.1. The molecule has 0 radical (unpaired) electrons. The van der Waals surface area contributed by atoms with Crippen LogP contribution >= 0.6 is 23.2 Å². The Morgan fingerprint density at radius 2 is 1.97 bits per heavy atom. The smallest absolute Gasteiger partial charge is 0.255 e. The summed E-state index contributed by atoms with van der Waals surface area (Å²) in [4.78, 5) is 31.2. The predicted molar refractivity (Wildman–Crippen MR) is 126 cm³/mol. The van der Waals surface area contributed by atoms with Crippen LogP contribution < -0.4 is 5.56 Å². The third kappa shape index (κ3) is 4.17. The minimum Gasteiger partial charge on any atom is -0.306 e. The number of benzene rings is 1. The van der Waals surface area contributed by atoms with Crippen molar-refractivity contribution in [2.24, 2.45) is 0 Å². The molecule has 6 nitrogen and oxygen atoms in total. The highest BCUT2D eigenvalue weighted by molar-refractivity contribution is 6.43. The van der Waals surface area contributed by atoms with Gasteiger partial charge in [-0.2, -0.15) is 0 Å². The summed E-state index contributed by atoms with van der Waals surface area (Å²) in [5, 5.41) is 1.01. The van der Waals surface area contributed by atoms with E-state index in [0.29, 0.717) is 29.0 Å². The Morgan fingerprint density at radius 3 is 2.75 bits per heavy atom. The van der Waals surface area contributed by atoms with Crippen LogP contribution in [-0.4, -0.2) is 31.4 Å². The molecule has 0 unspecified atom stereocenters. The average molecular weight is 464 g/mol. The highest BCUT2D eigenvalue weighted by Gasteiger charge is 2.22. The molecule has 0 atom stereocenters. The minimum atomic E-state index is -0.0948. The first kappa shape index (κ1) is 20.8. The van der Waals surface area contributed by atoms with Crippen LogP contribution in [0, 0.1) is 0 Å². The van der Waals surface area contributed by atoms with E-state index in [9.17, 15) is 4.79 Å². The number of hydrogen-bond acceptors (Lipinski definition) is 5. The first-order valence-corrected chi connectivity index (χ1v) is 11.0. The van der Waals surface area contributed by atoms with Gasteiger partial charge in [-0.3, -0.25) is 19.7 Å². The zero-order valence-electron chi connectivity index (χ0n) is 17.1. The van der Waals surface area contributed by atoms with Gasteiger partial charge in [0.15, 0.2) is 0 Å². The molecular weight excluding hydrogens is 445 g/mol. The number of aromatic nitrogens is 4. The second-order valence-corrected chi connectivity index (χ2v) is 8.48.